The minimum Gasteiger partial charge on any atom is -0.370 e. The van der Waals surface area contributed by atoms with Gasteiger partial charge in [-0.05, 0) is 25.0 Å². The second kappa shape index (κ2) is 7.57. The molecule has 5 heteroatoms. The van der Waals surface area contributed by atoms with E-state index >= 15 is 0 Å². The molecule has 0 aliphatic heterocycles. The van der Waals surface area contributed by atoms with Gasteiger partial charge in [-0.15, -0.1) is 0 Å². The van der Waals surface area contributed by atoms with Gasteiger partial charge in [0, 0.05) is 37.5 Å². The van der Waals surface area contributed by atoms with Crippen LogP contribution in [0.1, 0.15) is 38.1 Å². The third-order valence-corrected chi connectivity index (χ3v) is 3.06. The number of rotatable bonds is 7. The SMILES string of the molecule is CCNc1cc(NCCc2cccnc2)nc(C(C)C)n1. The van der Waals surface area contributed by atoms with Gasteiger partial charge in [0.2, 0.25) is 0 Å². The fourth-order valence-corrected chi connectivity index (χ4v) is 1.97. The molecule has 0 aliphatic rings. The van der Waals surface area contributed by atoms with Gasteiger partial charge in [-0.1, -0.05) is 19.9 Å². The fourth-order valence-electron chi connectivity index (χ4n) is 1.97. The first-order valence-electron chi connectivity index (χ1n) is 7.44. The molecule has 0 saturated carbocycles. The summed E-state index contributed by atoms with van der Waals surface area (Å²) < 4.78 is 0. The van der Waals surface area contributed by atoms with Crippen molar-refractivity contribution in [2.45, 2.75) is 33.1 Å². The van der Waals surface area contributed by atoms with Gasteiger partial charge >= 0.3 is 0 Å². The van der Waals surface area contributed by atoms with Crippen molar-refractivity contribution in [2.24, 2.45) is 0 Å². The molecular weight excluding hydrogens is 262 g/mol. The Kier molecular flexibility index (Phi) is 5.49. The van der Waals surface area contributed by atoms with Crippen LogP contribution in [0.15, 0.2) is 30.6 Å². The van der Waals surface area contributed by atoms with E-state index in [1.54, 1.807) is 6.20 Å². The lowest BCUT2D eigenvalue weighted by molar-refractivity contribution is 0.774. The number of nitrogens with one attached hydrogen (secondary N) is 2. The van der Waals surface area contributed by atoms with Gasteiger partial charge in [0.1, 0.15) is 17.5 Å². The average molecular weight is 285 g/mol. The first kappa shape index (κ1) is 15.2. The molecule has 21 heavy (non-hydrogen) atoms. The molecule has 5 nitrogen and oxygen atoms in total. The van der Waals surface area contributed by atoms with Gasteiger partial charge in [-0.2, -0.15) is 0 Å². The number of pyridine rings is 1. The summed E-state index contributed by atoms with van der Waals surface area (Å²) in [6.07, 6.45) is 4.61. The maximum atomic E-state index is 4.57. The molecule has 112 valence electrons. The highest BCUT2D eigenvalue weighted by atomic mass is 15.1. The predicted molar refractivity (Wildman–Crippen MR) is 86.7 cm³/mol. The summed E-state index contributed by atoms with van der Waals surface area (Å²) in [5.41, 5.74) is 1.22. The van der Waals surface area contributed by atoms with E-state index in [9.17, 15) is 0 Å². The van der Waals surface area contributed by atoms with Crippen molar-refractivity contribution in [2.75, 3.05) is 23.7 Å². The molecule has 0 aromatic carbocycles. The fraction of sp³-hybridized carbons (Fsp3) is 0.438. The highest BCUT2D eigenvalue weighted by Crippen LogP contribution is 2.17. The smallest absolute Gasteiger partial charge is 0.135 e. The van der Waals surface area contributed by atoms with E-state index < -0.39 is 0 Å². The van der Waals surface area contributed by atoms with Crippen molar-refractivity contribution in [3.05, 3.63) is 42.0 Å². The zero-order chi connectivity index (χ0) is 15.1. The molecule has 2 heterocycles. The van der Waals surface area contributed by atoms with Crippen LogP contribution in [-0.4, -0.2) is 28.0 Å². The van der Waals surface area contributed by atoms with Crippen molar-refractivity contribution >= 4 is 11.6 Å². The number of nitrogens with zero attached hydrogens (tertiary/aromatic N) is 3. The Labute approximate surface area is 126 Å². The van der Waals surface area contributed by atoms with Gasteiger partial charge in [-0.25, -0.2) is 9.97 Å². The molecule has 0 atom stereocenters. The monoisotopic (exact) mass is 285 g/mol. The number of hydrogen-bond donors (Lipinski definition) is 2. The number of anilines is 2. The van der Waals surface area contributed by atoms with E-state index in [0.717, 1.165) is 37.0 Å². The van der Waals surface area contributed by atoms with Crippen LogP contribution < -0.4 is 10.6 Å². The molecule has 2 aromatic rings. The van der Waals surface area contributed by atoms with Crippen LogP contribution in [0.2, 0.25) is 0 Å². The second-order valence-corrected chi connectivity index (χ2v) is 5.22. The van der Waals surface area contributed by atoms with Crippen molar-refractivity contribution in [3.8, 4) is 0 Å². The van der Waals surface area contributed by atoms with Crippen molar-refractivity contribution in [1.82, 2.24) is 15.0 Å². The molecule has 0 aliphatic carbocycles. The zero-order valence-corrected chi connectivity index (χ0v) is 12.9. The summed E-state index contributed by atoms with van der Waals surface area (Å²) in [4.78, 5) is 13.2. The summed E-state index contributed by atoms with van der Waals surface area (Å²) in [5.74, 6) is 2.91. The lowest BCUT2D eigenvalue weighted by Gasteiger charge is -2.12. The van der Waals surface area contributed by atoms with Gasteiger partial charge in [0.05, 0.1) is 0 Å². The van der Waals surface area contributed by atoms with Crippen LogP contribution in [0.3, 0.4) is 0 Å². The molecule has 0 unspecified atom stereocenters. The molecule has 0 spiro atoms. The molecule has 0 radical (unpaired) electrons. The molecular formula is C16H23N5. The summed E-state index contributed by atoms with van der Waals surface area (Å²) >= 11 is 0. The van der Waals surface area contributed by atoms with Gasteiger partial charge in [0.15, 0.2) is 0 Å². The topological polar surface area (TPSA) is 62.7 Å². The lowest BCUT2D eigenvalue weighted by atomic mass is 10.2. The van der Waals surface area contributed by atoms with E-state index in [2.05, 4.69) is 52.4 Å². The third kappa shape index (κ3) is 4.70. The summed E-state index contributed by atoms with van der Waals surface area (Å²) in [6, 6.07) is 6.00. The largest absolute Gasteiger partial charge is 0.370 e. The van der Waals surface area contributed by atoms with E-state index in [1.165, 1.54) is 5.56 Å². The maximum Gasteiger partial charge on any atom is 0.135 e. The number of hydrogen-bond acceptors (Lipinski definition) is 5. The second-order valence-electron chi connectivity index (χ2n) is 5.22. The predicted octanol–water partition coefficient (Wildman–Crippen LogP) is 3.08. The normalized spacial score (nSPS) is 10.7. The quantitative estimate of drug-likeness (QED) is 0.818. The van der Waals surface area contributed by atoms with Gasteiger partial charge < -0.3 is 10.6 Å². The highest BCUT2D eigenvalue weighted by molar-refractivity contribution is 5.47. The van der Waals surface area contributed by atoms with E-state index in [4.69, 9.17) is 0 Å². The molecule has 0 saturated heterocycles. The van der Waals surface area contributed by atoms with Crippen LogP contribution >= 0.6 is 0 Å². The standard InChI is InChI=1S/C16H23N5/c1-4-18-14-10-15(21-16(20-14)12(2)3)19-9-7-13-6-5-8-17-11-13/h5-6,8,10-12H,4,7,9H2,1-3H3,(H2,18,19,20,21). The first-order chi connectivity index (χ1) is 10.2. The summed E-state index contributed by atoms with van der Waals surface area (Å²) in [5, 5.41) is 6.62. The minimum absolute atomic E-state index is 0.308. The molecule has 2 N–H and O–H groups in total. The van der Waals surface area contributed by atoms with Crippen LogP contribution in [0.25, 0.3) is 0 Å². The van der Waals surface area contributed by atoms with Crippen LogP contribution in [-0.2, 0) is 6.42 Å². The first-order valence-corrected chi connectivity index (χ1v) is 7.44. The third-order valence-electron chi connectivity index (χ3n) is 3.06. The summed E-state index contributed by atoms with van der Waals surface area (Å²) in [7, 11) is 0. The van der Waals surface area contributed by atoms with Gasteiger partial charge in [0.25, 0.3) is 0 Å². The molecule has 0 amide bonds. The average Bonchev–Trinajstić information content (AvgIpc) is 2.48. The zero-order valence-electron chi connectivity index (χ0n) is 12.9. The van der Waals surface area contributed by atoms with Crippen molar-refractivity contribution < 1.29 is 0 Å². The molecule has 2 rings (SSSR count). The molecule has 0 fully saturated rings. The summed E-state index contributed by atoms with van der Waals surface area (Å²) in [6.45, 7) is 7.94. The van der Waals surface area contributed by atoms with E-state index in [1.807, 2.05) is 18.3 Å². The Morgan fingerprint density at radius 3 is 2.52 bits per heavy atom. The lowest BCUT2D eigenvalue weighted by Crippen LogP contribution is -2.11. The Morgan fingerprint density at radius 2 is 1.90 bits per heavy atom. The van der Waals surface area contributed by atoms with Crippen molar-refractivity contribution in [1.29, 1.82) is 0 Å². The van der Waals surface area contributed by atoms with E-state index in [-0.39, 0.29) is 0 Å². The Bertz CT molecular complexity index is 554. The van der Waals surface area contributed by atoms with E-state index in [0.29, 0.717) is 5.92 Å². The van der Waals surface area contributed by atoms with Crippen LogP contribution in [0.4, 0.5) is 11.6 Å². The number of aromatic nitrogens is 3. The van der Waals surface area contributed by atoms with Crippen LogP contribution in [0.5, 0.6) is 0 Å². The minimum atomic E-state index is 0.308. The van der Waals surface area contributed by atoms with Gasteiger partial charge in [-0.3, -0.25) is 4.98 Å². The Balaban J connectivity index is 2.01. The Hall–Kier alpha value is -2.17. The molecule has 2 aromatic heterocycles. The highest BCUT2D eigenvalue weighted by Gasteiger charge is 2.07. The Morgan fingerprint density at radius 1 is 1.14 bits per heavy atom. The van der Waals surface area contributed by atoms with Crippen molar-refractivity contribution in [3.63, 3.8) is 0 Å². The van der Waals surface area contributed by atoms with Crippen LogP contribution in [0, 0.1) is 0 Å². The molecule has 0 bridgehead atoms. The maximum absolute atomic E-state index is 4.57.